The lowest BCUT2D eigenvalue weighted by Gasteiger charge is -2.31. The number of carbonyl (C=O) groups is 1. The number of aliphatic hydroxyl groups is 1. The Morgan fingerprint density at radius 3 is 2.54 bits per heavy atom. The molecule has 0 saturated carbocycles. The number of amides is 2. The predicted molar refractivity (Wildman–Crippen MR) is 93.4 cm³/mol. The van der Waals surface area contributed by atoms with Gasteiger partial charge in [0, 0.05) is 25.5 Å². The molecule has 0 aliphatic carbocycles. The fourth-order valence-corrected chi connectivity index (χ4v) is 3.01. The van der Waals surface area contributed by atoms with Gasteiger partial charge in [0.1, 0.15) is 0 Å². The van der Waals surface area contributed by atoms with Crippen LogP contribution in [-0.4, -0.2) is 40.2 Å². The molecule has 2 unspecified atom stereocenters. The number of pyridine rings is 1. The van der Waals surface area contributed by atoms with Crippen molar-refractivity contribution in [1.29, 1.82) is 0 Å². The molecule has 1 aromatic heterocycles. The first-order chi connectivity index (χ1) is 11.6. The molecule has 3 rings (SSSR count). The lowest BCUT2D eigenvalue weighted by molar-refractivity contribution is 0.0835. The number of carbonyl (C=O) groups excluding carboxylic acids is 1. The van der Waals surface area contributed by atoms with Crippen molar-refractivity contribution in [2.45, 2.75) is 31.9 Å². The van der Waals surface area contributed by atoms with Crippen LogP contribution in [0.25, 0.3) is 11.1 Å². The first-order valence-corrected chi connectivity index (χ1v) is 8.37. The summed E-state index contributed by atoms with van der Waals surface area (Å²) in [4.78, 5) is 18.0. The molecular formula is C19H23N3O2. The Labute approximate surface area is 142 Å². The summed E-state index contributed by atoms with van der Waals surface area (Å²) < 4.78 is 0. The van der Waals surface area contributed by atoms with E-state index in [-0.39, 0.29) is 12.1 Å². The van der Waals surface area contributed by atoms with Crippen molar-refractivity contribution in [3.05, 3.63) is 54.4 Å². The van der Waals surface area contributed by atoms with Gasteiger partial charge in [0.15, 0.2) is 0 Å². The van der Waals surface area contributed by atoms with Crippen molar-refractivity contribution < 1.29 is 9.90 Å². The van der Waals surface area contributed by atoms with Crippen LogP contribution in [0.2, 0.25) is 0 Å². The van der Waals surface area contributed by atoms with Gasteiger partial charge in [0.2, 0.25) is 0 Å². The standard InChI is InChI=1S/C19H23N3O2/c1-14(21-19(24)22-12-2-3-18(23)13-22)15-4-6-16(7-5-15)17-8-10-20-11-9-17/h4-11,14,18,23H,2-3,12-13H2,1H3,(H,21,24). The third-order valence-corrected chi connectivity index (χ3v) is 4.45. The first kappa shape index (κ1) is 16.5. The number of nitrogens with zero attached hydrogens (tertiary/aromatic N) is 2. The number of hydrogen-bond donors (Lipinski definition) is 2. The van der Waals surface area contributed by atoms with Crippen molar-refractivity contribution in [2.24, 2.45) is 0 Å². The van der Waals surface area contributed by atoms with Crippen LogP contribution in [0.5, 0.6) is 0 Å². The summed E-state index contributed by atoms with van der Waals surface area (Å²) in [5.41, 5.74) is 3.30. The average Bonchev–Trinajstić information content (AvgIpc) is 2.62. The van der Waals surface area contributed by atoms with Crippen LogP contribution in [0.15, 0.2) is 48.8 Å². The maximum absolute atomic E-state index is 12.3. The molecular weight excluding hydrogens is 302 g/mol. The molecule has 1 saturated heterocycles. The fraction of sp³-hybridized carbons (Fsp3) is 0.368. The number of hydrogen-bond acceptors (Lipinski definition) is 3. The second-order valence-corrected chi connectivity index (χ2v) is 6.27. The largest absolute Gasteiger partial charge is 0.391 e. The summed E-state index contributed by atoms with van der Waals surface area (Å²) in [7, 11) is 0. The number of nitrogens with one attached hydrogen (secondary N) is 1. The summed E-state index contributed by atoms with van der Waals surface area (Å²) in [6.45, 7) is 3.09. The lowest BCUT2D eigenvalue weighted by atomic mass is 10.0. The van der Waals surface area contributed by atoms with Crippen LogP contribution >= 0.6 is 0 Å². The Kier molecular flexibility index (Phi) is 5.11. The van der Waals surface area contributed by atoms with Crippen LogP contribution in [0, 0.1) is 0 Å². The highest BCUT2D eigenvalue weighted by atomic mass is 16.3. The Balaban J connectivity index is 1.62. The highest BCUT2D eigenvalue weighted by Gasteiger charge is 2.23. The quantitative estimate of drug-likeness (QED) is 0.912. The summed E-state index contributed by atoms with van der Waals surface area (Å²) in [5, 5.41) is 12.7. The van der Waals surface area contributed by atoms with Gasteiger partial charge in [0.25, 0.3) is 0 Å². The molecule has 1 aliphatic heterocycles. The number of benzene rings is 1. The van der Waals surface area contributed by atoms with Gasteiger partial charge in [0.05, 0.1) is 12.1 Å². The molecule has 5 heteroatoms. The minimum absolute atomic E-state index is 0.0805. The molecule has 126 valence electrons. The summed E-state index contributed by atoms with van der Waals surface area (Å²) in [5.74, 6) is 0. The van der Waals surface area contributed by atoms with E-state index in [1.165, 1.54) is 0 Å². The Hall–Kier alpha value is -2.40. The molecule has 1 aromatic carbocycles. The molecule has 5 nitrogen and oxygen atoms in total. The van der Waals surface area contributed by atoms with Crippen LogP contribution in [0.4, 0.5) is 4.79 Å². The third-order valence-electron chi connectivity index (χ3n) is 4.45. The Morgan fingerprint density at radius 1 is 1.21 bits per heavy atom. The van der Waals surface area contributed by atoms with Gasteiger partial charge in [-0.3, -0.25) is 4.98 Å². The SMILES string of the molecule is CC(NC(=O)N1CCCC(O)C1)c1ccc(-c2ccncc2)cc1. The van der Waals surface area contributed by atoms with E-state index in [4.69, 9.17) is 0 Å². The fourth-order valence-electron chi connectivity index (χ4n) is 3.01. The van der Waals surface area contributed by atoms with Crippen LogP contribution < -0.4 is 5.32 Å². The normalized spacial score (nSPS) is 18.9. The monoisotopic (exact) mass is 325 g/mol. The van der Waals surface area contributed by atoms with E-state index in [0.717, 1.165) is 29.5 Å². The average molecular weight is 325 g/mol. The van der Waals surface area contributed by atoms with E-state index in [2.05, 4.69) is 22.4 Å². The van der Waals surface area contributed by atoms with Crippen LogP contribution in [-0.2, 0) is 0 Å². The van der Waals surface area contributed by atoms with Crippen molar-refractivity contribution >= 4 is 6.03 Å². The van der Waals surface area contributed by atoms with Gasteiger partial charge in [-0.15, -0.1) is 0 Å². The highest BCUT2D eigenvalue weighted by molar-refractivity contribution is 5.75. The smallest absolute Gasteiger partial charge is 0.317 e. The molecule has 24 heavy (non-hydrogen) atoms. The van der Waals surface area contributed by atoms with Crippen LogP contribution in [0.1, 0.15) is 31.4 Å². The van der Waals surface area contributed by atoms with E-state index in [0.29, 0.717) is 13.1 Å². The summed E-state index contributed by atoms with van der Waals surface area (Å²) in [6, 6.07) is 11.9. The van der Waals surface area contributed by atoms with Gasteiger partial charge < -0.3 is 15.3 Å². The van der Waals surface area contributed by atoms with Gasteiger partial charge in [-0.1, -0.05) is 24.3 Å². The molecule has 2 amide bonds. The predicted octanol–water partition coefficient (Wildman–Crippen LogP) is 2.98. The van der Waals surface area contributed by atoms with E-state index in [1.807, 2.05) is 31.2 Å². The van der Waals surface area contributed by atoms with Crippen molar-refractivity contribution in [3.8, 4) is 11.1 Å². The van der Waals surface area contributed by atoms with Crippen molar-refractivity contribution in [2.75, 3.05) is 13.1 Å². The third kappa shape index (κ3) is 3.92. The Bertz CT molecular complexity index is 673. The number of aromatic nitrogens is 1. The maximum Gasteiger partial charge on any atom is 0.317 e. The van der Waals surface area contributed by atoms with Crippen molar-refractivity contribution in [3.63, 3.8) is 0 Å². The molecule has 0 spiro atoms. The van der Waals surface area contributed by atoms with Crippen LogP contribution in [0.3, 0.4) is 0 Å². The van der Waals surface area contributed by atoms with E-state index < -0.39 is 6.10 Å². The summed E-state index contributed by atoms with van der Waals surface area (Å²) >= 11 is 0. The van der Waals surface area contributed by atoms with E-state index >= 15 is 0 Å². The number of piperidine rings is 1. The van der Waals surface area contributed by atoms with Gasteiger partial charge in [-0.05, 0) is 48.6 Å². The zero-order valence-corrected chi connectivity index (χ0v) is 13.9. The van der Waals surface area contributed by atoms with E-state index in [9.17, 15) is 9.90 Å². The zero-order chi connectivity index (χ0) is 16.9. The number of urea groups is 1. The second kappa shape index (κ2) is 7.45. The first-order valence-electron chi connectivity index (χ1n) is 8.37. The number of likely N-dealkylation sites (tertiary alicyclic amines) is 1. The molecule has 1 aliphatic rings. The molecule has 1 fully saturated rings. The lowest BCUT2D eigenvalue weighted by Crippen LogP contribution is -2.47. The molecule has 0 radical (unpaired) electrons. The summed E-state index contributed by atoms with van der Waals surface area (Å²) in [6.07, 6.45) is 4.77. The minimum atomic E-state index is -0.403. The highest BCUT2D eigenvalue weighted by Crippen LogP contribution is 2.21. The molecule has 0 bridgehead atoms. The molecule has 2 aromatic rings. The van der Waals surface area contributed by atoms with Gasteiger partial charge in [-0.2, -0.15) is 0 Å². The molecule has 2 heterocycles. The second-order valence-electron chi connectivity index (χ2n) is 6.27. The Morgan fingerprint density at radius 2 is 1.88 bits per heavy atom. The minimum Gasteiger partial charge on any atom is -0.391 e. The number of aliphatic hydroxyl groups excluding tert-OH is 1. The zero-order valence-electron chi connectivity index (χ0n) is 13.9. The maximum atomic E-state index is 12.3. The topological polar surface area (TPSA) is 65.5 Å². The van der Waals surface area contributed by atoms with Gasteiger partial charge >= 0.3 is 6.03 Å². The van der Waals surface area contributed by atoms with E-state index in [1.54, 1.807) is 17.3 Å². The number of β-amino-alcohol motifs (C(OH)–C–C–N with tert-alkyl or cyclic N) is 1. The van der Waals surface area contributed by atoms with Crippen molar-refractivity contribution in [1.82, 2.24) is 15.2 Å². The van der Waals surface area contributed by atoms with Gasteiger partial charge in [-0.25, -0.2) is 4.79 Å². The molecule has 2 atom stereocenters. The number of rotatable bonds is 3. The molecule has 2 N–H and O–H groups in total.